The van der Waals surface area contributed by atoms with E-state index in [4.69, 9.17) is 0 Å². The highest BCUT2D eigenvalue weighted by atomic mass is 79.9. The molecule has 74 valence electrons. The Morgan fingerprint density at radius 1 is 1.64 bits per heavy atom. The van der Waals surface area contributed by atoms with E-state index in [9.17, 15) is 14.9 Å². The van der Waals surface area contributed by atoms with Gasteiger partial charge in [0.2, 0.25) is 0 Å². The van der Waals surface area contributed by atoms with E-state index in [1.54, 1.807) is 0 Å². The number of methoxy groups -OCH3 is 1. The molecular weight excluding hydrogens is 256 g/mol. The van der Waals surface area contributed by atoms with E-state index in [1.165, 1.54) is 19.2 Å². The van der Waals surface area contributed by atoms with Crippen molar-refractivity contribution in [2.75, 3.05) is 7.11 Å². The van der Waals surface area contributed by atoms with Gasteiger partial charge >= 0.3 is 11.8 Å². The molecule has 0 aromatic carbocycles. The van der Waals surface area contributed by atoms with Crippen LogP contribution in [0.25, 0.3) is 0 Å². The fraction of sp³-hybridized carbons (Fsp3) is 0.143. The van der Waals surface area contributed by atoms with Gasteiger partial charge in [0.05, 0.1) is 13.2 Å². The molecule has 1 aromatic heterocycles. The van der Waals surface area contributed by atoms with Crippen LogP contribution in [0.2, 0.25) is 0 Å². The van der Waals surface area contributed by atoms with Crippen molar-refractivity contribution in [3.63, 3.8) is 0 Å². The van der Waals surface area contributed by atoms with Gasteiger partial charge in [-0.15, -0.1) is 0 Å². The normalized spacial score (nSPS) is 9.57. The van der Waals surface area contributed by atoms with E-state index in [-0.39, 0.29) is 5.69 Å². The van der Waals surface area contributed by atoms with Crippen molar-refractivity contribution >= 4 is 27.7 Å². The van der Waals surface area contributed by atoms with Crippen LogP contribution in [-0.2, 0) is 4.74 Å². The van der Waals surface area contributed by atoms with Crippen molar-refractivity contribution in [1.29, 1.82) is 0 Å². The van der Waals surface area contributed by atoms with E-state index in [0.29, 0.717) is 4.47 Å². The zero-order chi connectivity index (χ0) is 10.7. The van der Waals surface area contributed by atoms with Gasteiger partial charge in [0.15, 0.2) is 0 Å². The molecule has 1 heterocycles. The minimum atomic E-state index is -0.714. The highest BCUT2D eigenvalue weighted by Crippen LogP contribution is 2.17. The first-order valence-corrected chi connectivity index (χ1v) is 4.24. The summed E-state index contributed by atoms with van der Waals surface area (Å²) in [6.45, 7) is 0. The average Bonchev–Trinajstić information content (AvgIpc) is 2.15. The maximum atomic E-state index is 11.0. The summed E-state index contributed by atoms with van der Waals surface area (Å²) in [6, 6.07) is 2.55. The van der Waals surface area contributed by atoms with Gasteiger partial charge in [0.25, 0.3) is 5.69 Å². The Morgan fingerprint density at radius 2 is 2.29 bits per heavy atom. The van der Waals surface area contributed by atoms with E-state index < -0.39 is 16.7 Å². The molecule has 0 fully saturated rings. The van der Waals surface area contributed by atoms with Crippen LogP contribution in [0.1, 0.15) is 10.5 Å². The van der Waals surface area contributed by atoms with Crippen molar-refractivity contribution in [3.8, 4) is 0 Å². The molecule has 0 aliphatic heterocycles. The van der Waals surface area contributed by atoms with Crippen molar-refractivity contribution in [3.05, 3.63) is 32.4 Å². The lowest BCUT2D eigenvalue weighted by atomic mass is 10.3. The maximum absolute atomic E-state index is 11.0. The summed E-state index contributed by atoms with van der Waals surface area (Å²) in [5, 5.41) is 10.4. The molecule has 6 nitrogen and oxygen atoms in total. The summed E-state index contributed by atoms with van der Waals surface area (Å²) in [5.41, 5.74) is -0.103. The molecule has 0 N–H and O–H groups in total. The van der Waals surface area contributed by atoms with E-state index in [0.717, 1.165) is 0 Å². The van der Waals surface area contributed by atoms with Gasteiger partial charge < -0.3 is 14.9 Å². The van der Waals surface area contributed by atoms with Crippen molar-refractivity contribution in [2.24, 2.45) is 0 Å². The topological polar surface area (TPSA) is 82.3 Å². The molecule has 0 atom stereocenters. The largest absolute Gasteiger partial charge is 0.463 e. The molecule has 0 unspecified atom stereocenters. The molecule has 0 saturated carbocycles. The molecule has 0 radical (unpaired) electrons. The molecule has 7 heteroatoms. The van der Waals surface area contributed by atoms with Crippen LogP contribution >= 0.6 is 15.9 Å². The minimum Gasteiger partial charge on any atom is -0.463 e. The van der Waals surface area contributed by atoms with Crippen LogP contribution < -0.4 is 0 Å². The van der Waals surface area contributed by atoms with Gasteiger partial charge in [0.1, 0.15) is 0 Å². The maximum Gasteiger partial charge on any atom is 0.382 e. The van der Waals surface area contributed by atoms with Crippen LogP contribution in [0.4, 0.5) is 5.82 Å². The number of pyridine rings is 1. The van der Waals surface area contributed by atoms with Gasteiger partial charge in [-0.1, -0.05) is 15.9 Å². The second-order valence-corrected chi connectivity index (χ2v) is 3.19. The number of rotatable bonds is 2. The lowest BCUT2D eigenvalue weighted by Gasteiger charge is -1.96. The van der Waals surface area contributed by atoms with Gasteiger partial charge in [-0.3, -0.25) is 0 Å². The fourth-order valence-electron chi connectivity index (χ4n) is 0.786. The summed E-state index contributed by atoms with van der Waals surface area (Å²) in [5.74, 6) is -1.12. The average molecular weight is 261 g/mol. The number of ether oxygens (including phenoxy) is 1. The Balaban J connectivity index is 3.20. The monoisotopic (exact) mass is 260 g/mol. The Hall–Kier alpha value is -1.50. The summed E-state index contributed by atoms with van der Waals surface area (Å²) < 4.78 is 4.78. The number of halogens is 1. The number of nitro groups is 1. The third-order valence-electron chi connectivity index (χ3n) is 1.36. The van der Waals surface area contributed by atoms with E-state index >= 15 is 0 Å². The van der Waals surface area contributed by atoms with Crippen LogP contribution in [0.3, 0.4) is 0 Å². The highest BCUT2D eigenvalue weighted by Gasteiger charge is 2.18. The van der Waals surface area contributed by atoms with Crippen LogP contribution in [0.15, 0.2) is 16.6 Å². The predicted molar refractivity (Wildman–Crippen MR) is 49.9 cm³/mol. The zero-order valence-electron chi connectivity index (χ0n) is 7.06. The SMILES string of the molecule is COC(=O)c1cc(Br)cc([N+](=O)[O-])n1. The lowest BCUT2D eigenvalue weighted by molar-refractivity contribution is -0.389. The Labute approximate surface area is 87.2 Å². The Morgan fingerprint density at radius 3 is 2.79 bits per heavy atom. The number of esters is 1. The molecule has 0 spiro atoms. The standard InChI is InChI=1S/C7H5BrN2O4/c1-14-7(11)5-2-4(8)3-6(9-5)10(12)13/h2-3H,1H3. The smallest absolute Gasteiger partial charge is 0.382 e. The number of hydrogen-bond donors (Lipinski definition) is 0. The number of carbonyl (C=O) groups is 1. The molecule has 0 aliphatic rings. The predicted octanol–water partition coefficient (Wildman–Crippen LogP) is 1.54. The van der Waals surface area contributed by atoms with Crippen LogP contribution in [0.5, 0.6) is 0 Å². The number of aromatic nitrogens is 1. The second kappa shape index (κ2) is 4.14. The van der Waals surface area contributed by atoms with Gasteiger partial charge in [-0.2, -0.15) is 0 Å². The summed E-state index contributed by atoms with van der Waals surface area (Å²) in [4.78, 5) is 24.2. The third-order valence-corrected chi connectivity index (χ3v) is 1.82. The Bertz CT molecular complexity index is 393. The van der Waals surface area contributed by atoms with Crippen molar-refractivity contribution < 1.29 is 14.5 Å². The molecule has 0 aliphatic carbocycles. The lowest BCUT2D eigenvalue weighted by Crippen LogP contribution is -2.06. The zero-order valence-corrected chi connectivity index (χ0v) is 8.65. The summed E-state index contributed by atoms with van der Waals surface area (Å²) in [7, 11) is 1.18. The van der Waals surface area contributed by atoms with Crippen LogP contribution in [-0.4, -0.2) is 23.0 Å². The van der Waals surface area contributed by atoms with Crippen molar-refractivity contribution in [1.82, 2.24) is 4.98 Å². The van der Waals surface area contributed by atoms with E-state index in [2.05, 4.69) is 25.7 Å². The number of carbonyl (C=O) groups excluding carboxylic acids is 1. The first-order valence-electron chi connectivity index (χ1n) is 3.45. The molecule has 1 rings (SSSR count). The highest BCUT2D eigenvalue weighted by molar-refractivity contribution is 9.10. The first-order chi connectivity index (χ1) is 6.54. The minimum absolute atomic E-state index is 0.103. The molecule has 14 heavy (non-hydrogen) atoms. The number of nitrogens with zero attached hydrogens (tertiary/aromatic N) is 2. The number of hydrogen-bond acceptors (Lipinski definition) is 5. The van der Waals surface area contributed by atoms with Crippen molar-refractivity contribution in [2.45, 2.75) is 0 Å². The van der Waals surface area contributed by atoms with Gasteiger partial charge in [-0.25, -0.2) is 4.79 Å². The Kier molecular flexibility index (Phi) is 3.13. The summed E-state index contributed by atoms with van der Waals surface area (Å²) >= 11 is 3.03. The molecule has 0 saturated heterocycles. The fourth-order valence-corrected chi connectivity index (χ4v) is 1.21. The third kappa shape index (κ3) is 2.25. The van der Waals surface area contributed by atoms with E-state index in [1.807, 2.05) is 0 Å². The molecular formula is C7H5BrN2O4. The van der Waals surface area contributed by atoms with Crippen LogP contribution in [0, 0.1) is 10.1 Å². The first kappa shape index (κ1) is 10.6. The van der Waals surface area contributed by atoms with Gasteiger partial charge in [-0.05, 0) is 9.91 Å². The quantitative estimate of drug-likeness (QED) is 0.458. The van der Waals surface area contributed by atoms with Gasteiger partial charge in [0, 0.05) is 10.5 Å². The summed E-state index contributed by atoms with van der Waals surface area (Å²) in [6.07, 6.45) is 0. The second-order valence-electron chi connectivity index (χ2n) is 2.28. The molecule has 0 amide bonds. The molecule has 0 bridgehead atoms. The molecule has 1 aromatic rings.